The van der Waals surface area contributed by atoms with E-state index < -0.39 is 12.1 Å². The summed E-state index contributed by atoms with van der Waals surface area (Å²) >= 11 is 4.49. The number of ether oxygens (including phenoxy) is 2. The first-order valence-electron chi connectivity index (χ1n) is 4.95. The molecule has 2 N–H and O–H groups in total. The summed E-state index contributed by atoms with van der Waals surface area (Å²) in [7, 11) is 0. The third-order valence-electron chi connectivity index (χ3n) is 1.60. The van der Waals surface area contributed by atoms with E-state index in [1.807, 2.05) is 0 Å². The van der Waals surface area contributed by atoms with Gasteiger partial charge in [0, 0.05) is 19.2 Å². The molecular formula is C10H15NO5S. The van der Waals surface area contributed by atoms with Gasteiger partial charge in [0.05, 0.1) is 12.1 Å². The molecule has 0 saturated carbocycles. The Hall–Kier alpha value is -1.47. The number of aldehydes is 1. The van der Waals surface area contributed by atoms with Gasteiger partial charge >= 0.3 is 5.97 Å². The monoisotopic (exact) mass is 261 g/mol. The van der Waals surface area contributed by atoms with Crippen molar-refractivity contribution in [2.45, 2.75) is 19.4 Å². The van der Waals surface area contributed by atoms with E-state index in [9.17, 15) is 9.59 Å². The summed E-state index contributed by atoms with van der Waals surface area (Å²) in [5.74, 6) is -0.661. The zero-order valence-electron chi connectivity index (χ0n) is 9.42. The molecule has 0 bridgehead atoms. The van der Waals surface area contributed by atoms with Gasteiger partial charge in [-0.3, -0.25) is 4.79 Å². The molecule has 0 aromatic rings. The van der Waals surface area contributed by atoms with Gasteiger partial charge in [0.15, 0.2) is 18.1 Å². The van der Waals surface area contributed by atoms with Gasteiger partial charge in [-0.25, -0.2) is 4.79 Å². The maximum atomic E-state index is 11.3. The van der Waals surface area contributed by atoms with Gasteiger partial charge in [-0.2, -0.15) is 0 Å². The topological polar surface area (TPSA) is 84.9 Å². The Labute approximate surface area is 105 Å². The van der Waals surface area contributed by atoms with E-state index in [1.165, 1.54) is 18.6 Å². The molecule has 1 atom stereocenters. The fraction of sp³-hybridized carbons (Fsp3) is 0.500. The molecule has 0 aliphatic carbocycles. The summed E-state index contributed by atoms with van der Waals surface area (Å²) in [5, 5.41) is 11.0. The Bertz CT molecular complexity index is 292. The van der Waals surface area contributed by atoms with Crippen LogP contribution in [-0.4, -0.2) is 42.2 Å². The first kappa shape index (κ1) is 15.5. The van der Waals surface area contributed by atoms with Crippen LogP contribution < -0.4 is 5.32 Å². The van der Waals surface area contributed by atoms with Gasteiger partial charge in [-0.05, 0) is 6.92 Å². The van der Waals surface area contributed by atoms with E-state index in [0.717, 1.165) is 0 Å². The van der Waals surface area contributed by atoms with Gasteiger partial charge < -0.3 is 19.9 Å². The maximum absolute atomic E-state index is 11.3. The van der Waals surface area contributed by atoms with Crippen molar-refractivity contribution in [3.8, 4) is 0 Å². The molecule has 1 unspecified atom stereocenters. The fourth-order valence-electron chi connectivity index (χ4n) is 0.819. The molecule has 0 heterocycles. The maximum Gasteiger partial charge on any atom is 0.347 e. The number of thiocarbonyl (C=S) groups is 1. The van der Waals surface area contributed by atoms with Crippen molar-refractivity contribution in [3.63, 3.8) is 0 Å². The van der Waals surface area contributed by atoms with Crippen molar-refractivity contribution >= 4 is 30.0 Å². The molecule has 7 heteroatoms. The van der Waals surface area contributed by atoms with Gasteiger partial charge in [-0.15, -0.1) is 0 Å². The second kappa shape index (κ2) is 9.73. The third kappa shape index (κ3) is 7.42. The van der Waals surface area contributed by atoms with Gasteiger partial charge in [0.1, 0.15) is 0 Å². The first-order valence-corrected chi connectivity index (χ1v) is 5.42. The van der Waals surface area contributed by atoms with Crippen molar-refractivity contribution < 1.29 is 24.2 Å². The molecule has 0 saturated heterocycles. The minimum atomic E-state index is -0.905. The standard InChI is InChI=1S/C10H15NO5S/c1-8(10(14)15-4-2-3-12)16-9(6-13)5-11-7-17/h5-8,12H,2-4H2,1H3,(H,11,17). The van der Waals surface area contributed by atoms with Crippen LogP contribution in [-0.2, 0) is 19.1 Å². The second-order valence-corrected chi connectivity index (χ2v) is 3.19. The Balaban J connectivity index is 4.11. The highest BCUT2D eigenvalue weighted by Crippen LogP contribution is 2.02. The van der Waals surface area contributed by atoms with Crippen molar-refractivity contribution in [3.05, 3.63) is 12.0 Å². The average molecular weight is 261 g/mol. The minimum absolute atomic E-state index is 0.0550. The van der Waals surface area contributed by atoms with Crippen LogP contribution in [0.5, 0.6) is 0 Å². The molecule has 17 heavy (non-hydrogen) atoms. The molecule has 0 amide bonds. The lowest BCUT2D eigenvalue weighted by Gasteiger charge is -2.13. The van der Waals surface area contributed by atoms with Crippen molar-refractivity contribution in [1.82, 2.24) is 5.32 Å². The van der Waals surface area contributed by atoms with Crippen LogP contribution in [0.4, 0.5) is 0 Å². The lowest BCUT2D eigenvalue weighted by atomic mass is 10.4. The summed E-state index contributed by atoms with van der Waals surface area (Å²) in [6.45, 7) is 1.51. The molecular weight excluding hydrogens is 246 g/mol. The smallest absolute Gasteiger partial charge is 0.347 e. The van der Waals surface area contributed by atoms with Crippen molar-refractivity contribution in [2.24, 2.45) is 0 Å². The number of hydrogen-bond acceptors (Lipinski definition) is 6. The van der Waals surface area contributed by atoms with Crippen molar-refractivity contribution in [1.29, 1.82) is 0 Å². The Morgan fingerprint density at radius 1 is 1.59 bits per heavy atom. The van der Waals surface area contributed by atoms with E-state index in [0.29, 0.717) is 12.7 Å². The minimum Gasteiger partial charge on any atom is -0.474 e. The number of carbonyl (C=O) groups excluding carboxylic acids is 2. The molecule has 0 aliphatic heterocycles. The van der Waals surface area contributed by atoms with E-state index in [2.05, 4.69) is 17.5 Å². The van der Waals surface area contributed by atoms with Crippen LogP contribution in [0.1, 0.15) is 13.3 Å². The molecule has 0 rings (SSSR count). The van der Waals surface area contributed by atoms with Crippen LogP contribution in [0.15, 0.2) is 12.0 Å². The number of hydrogen-bond donors (Lipinski definition) is 2. The van der Waals surface area contributed by atoms with Crippen LogP contribution in [0, 0.1) is 0 Å². The summed E-state index contributed by atoms with van der Waals surface area (Å²) in [6.07, 6.45) is 1.14. The Kier molecular flexibility index (Phi) is 8.89. The molecule has 6 nitrogen and oxygen atoms in total. The second-order valence-electron chi connectivity index (χ2n) is 2.95. The molecule has 0 spiro atoms. The van der Waals surface area contributed by atoms with E-state index in [4.69, 9.17) is 14.6 Å². The van der Waals surface area contributed by atoms with Gasteiger partial charge in [0.25, 0.3) is 0 Å². The third-order valence-corrected chi connectivity index (χ3v) is 1.74. The predicted octanol–water partition coefficient (Wildman–Crippen LogP) is -0.0958. The lowest BCUT2D eigenvalue weighted by molar-refractivity contribution is -0.154. The number of rotatable bonds is 9. The largest absolute Gasteiger partial charge is 0.474 e. The number of nitrogens with one attached hydrogen (secondary N) is 1. The van der Waals surface area contributed by atoms with E-state index >= 15 is 0 Å². The Morgan fingerprint density at radius 2 is 2.29 bits per heavy atom. The van der Waals surface area contributed by atoms with Crippen LogP contribution in [0.3, 0.4) is 0 Å². The van der Waals surface area contributed by atoms with Crippen LogP contribution >= 0.6 is 12.2 Å². The first-order chi connectivity index (χ1) is 8.15. The molecule has 0 aromatic carbocycles. The molecule has 0 aromatic heterocycles. The summed E-state index contributed by atoms with van der Waals surface area (Å²) in [6, 6.07) is 0. The quantitative estimate of drug-likeness (QED) is 0.150. The highest BCUT2D eigenvalue weighted by Gasteiger charge is 2.16. The lowest BCUT2D eigenvalue weighted by Crippen LogP contribution is -2.24. The Morgan fingerprint density at radius 3 is 2.82 bits per heavy atom. The van der Waals surface area contributed by atoms with Crippen LogP contribution in [0.2, 0.25) is 0 Å². The zero-order chi connectivity index (χ0) is 13.1. The predicted molar refractivity (Wildman–Crippen MR) is 64.1 cm³/mol. The summed E-state index contributed by atoms with van der Waals surface area (Å²) in [5.41, 5.74) is 1.19. The van der Waals surface area contributed by atoms with Crippen LogP contribution in [0.25, 0.3) is 0 Å². The molecule has 0 radical (unpaired) electrons. The molecule has 96 valence electrons. The fourth-order valence-corrected chi connectivity index (χ4v) is 0.887. The average Bonchev–Trinajstić information content (AvgIpc) is 2.34. The number of aliphatic hydroxyl groups is 1. The normalized spacial score (nSPS) is 12.5. The summed E-state index contributed by atoms with van der Waals surface area (Å²) in [4.78, 5) is 21.9. The zero-order valence-corrected chi connectivity index (χ0v) is 10.2. The molecule has 0 aliphatic rings. The van der Waals surface area contributed by atoms with E-state index in [-0.39, 0.29) is 19.0 Å². The SMILES string of the molecule is CC(OC(C=O)=CNC=S)C(=O)OCCCO. The number of carbonyl (C=O) groups is 2. The number of aliphatic hydroxyl groups excluding tert-OH is 1. The number of esters is 1. The van der Waals surface area contributed by atoms with Gasteiger partial charge in [-0.1, -0.05) is 12.2 Å². The van der Waals surface area contributed by atoms with E-state index in [1.54, 1.807) is 0 Å². The van der Waals surface area contributed by atoms with Crippen molar-refractivity contribution in [2.75, 3.05) is 13.2 Å². The van der Waals surface area contributed by atoms with Gasteiger partial charge in [0.2, 0.25) is 0 Å². The number of allylic oxidation sites excluding steroid dienone is 1. The molecule has 0 fully saturated rings. The highest BCUT2D eigenvalue weighted by atomic mass is 32.1. The highest BCUT2D eigenvalue weighted by molar-refractivity contribution is 7.78. The summed E-state index contributed by atoms with van der Waals surface area (Å²) < 4.78 is 9.80.